The monoisotopic (exact) mass is 511 g/mol. The molecule has 0 atom stereocenters. The highest BCUT2D eigenvalue weighted by Gasteiger charge is 2.47. The van der Waals surface area contributed by atoms with Gasteiger partial charge in [0, 0.05) is 29.3 Å². The number of para-hydroxylation sites is 2. The van der Waals surface area contributed by atoms with Crippen LogP contribution in [0.5, 0.6) is 0 Å². The number of hydrogen-bond acceptors (Lipinski definition) is 2. The molecule has 5 nitrogen and oxygen atoms in total. The summed E-state index contributed by atoms with van der Waals surface area (Å²) in [7, 11) is 0. The van der Waals surface area contributed by atoms with Crippen LogP contribution in [0.1, 0.15) is 59.2 Å². The summed E-state index contributed by atoms with van der Waals surface area (Å²) < 4.78 is 14.9. The minimum atomic E-state index is -1.07. The SMILES string of the molecule is Cc1cccc(C)c1NC(=O)C1(N(CCc2c[nH]c3ccccc23)C(=O)c2ccccc2F)CCCCC1. The zero-order valence-corrected chi connectivity index (χ0v) is 22.0. The van der Waals surface area contributed by atoms with Crippen molar-refractivity contribution in [2.24, 2.45) is 0 Å². The fourth-order valence-corrected chi connectivity index (χ4v) is 5.86. The first-order valence-electron chi connectivity index (χ1n) is 13.4. The van der Waals surface area contributed by atoms with Gasteiger partial charge in [0.15, 0.2) is 0 Å². The lowest BCUT2D eigenvalue weighted by atomic mass is 9.78. The van der Waals surface area contributed by atoms with Crippen LogP contribution >= 0.6 is 0 Å². The second-order valence-corrected chi connectivity index (χ2v) is 10.4. The largest absolute Gasteiger partial charge is 0.361 e. The average molecular weight is 512 g/mol. The van der Waals surface area contributed by atoms with Gasteiger partial charge in [-0.25, -0.2) is 4.39 Å². The second-order valence-electron chi connectivity index (χ2n) is 10.4. The van der Waals surface area contributed by atoms with Gasteiger partial charge in [0.2, 0.25) is 5.91 Å². The molecule has 38 heavy (non-hydrogen) atoms. The van der Waals surface area contributed by atoms with E-state index in [1.54, 1.807) is 17.0 Å². The summed E-state index contributed by atoms with van der Waals surface area (Å²) in [5, 5.41) is 4.27. The number of carbonyl (C=O) groups is 2. The van der Waals surface area contributed by atoms with E-state index in [1.807, 2.05) is 62.5 Å². The summed E-state index contributed by atoms with van der Waals surface area (Å²) in [6.45, 7) is 4.24. The zero-order chi connectivity index (χ0) is 26.7. The normalized spacial score (nSPS) is 14.8. The first-order valence-corrected chi connectivity index (χ1v) is 13.4. The third-order valence-electron chi connectivity index (χ3n) is 7.97. The van der Waals surface area contributed by atoms with E-state index < -0.39 is 17.3 Å². The molecule has 0 unspecified atom stereocenters. The van der Waals surface area contributed by atoms with Crippen molar-refractivity contribution in [3.8, 4) is 0 Å². The molecule has 5 rings (SSSR count). The number of carbonyl (C=O) groups excluding carboxylic acids is 2. The van der Waals surface area contributed by atoms with Crippen molar-refractivity contribution in [1.82, 2.24) is 9.88 Å². The third kappa shape index (κ3) is 4.83. The number of aryl methyl sites for hydroxylation is 2. The molecule has 0 bridgehead atoms. The van der Waals surface area contributed by atoms with E-state index in [0.29, 0.717) is 25.8 Å². The van der Waals surface area contributed by atoms with Crippen molar-refractivity contribution in [3.05, 3.63) is 101 Å². The maximum atomic E-state index is 14.9. The molecule has 1 heterocycles. The van der Waals surface area contributed by atoms with Gasteiger partial charge >= 0.3 is 0 Å². The van der Waals surface area contributed by atoms with Crippen LogP contribution in [0.25, 0.3) is 10.9 Å². The summed E-state index contributed by atoms with van der Waals surface area (Å²) in [5.41, 5.74) is 3.72. The fraction of sp³-hybridized carbons (Fsp3) is 0.312. The number of fused-ring (bicyclic) bond motifs is 1. The molecule has 1 aliphatic rings. The Balaban J connectivity index is 1.55. The van der Waals surface area contributed by atoms with Gasteiger partial charge in [-0.3, -0.25) is 9.59 Å². The Morgan fingerprint density at radius 2 is 1.61 bits per heavy atom. The number of halogens is 1. The molecule has 1 saturated carbocycles. The first-order chi connectivity index (χ1) is 18.4. The number of anilines is 1. The minimum absolute atomic E-state index is 0.00347. The molecular formula is C32H34FN3O2. The van der Waals surface area contributed by atoms with Crippen LogP contribution in [0.3, 0.4) is 0 Å². The third-order valence-corrected chi connectivity index (χ3v) is 7.97. The predicted molar refractivity (Wildman–Crippen MR) is 150 cm³/mol. The fourth-order valence-electron chi connectivity index (χ4n) is 5.86. The number of aromatic amines is 1. The summed E-state index contributed by atoms with van der Waals surface area (Å²) in [6.07, 6.45) is 6.24. The lowest BCUT2D eigenvalue weighted by Crippen LogP contribution is -2.60. The van der Waals surface area contributed by atoms with E-state index in [4.69, 9.17) is 0 Å². The van der Waals surface area contributed by atoms with Gasteiger partial charge in [0.25, 0.3) is 5.91 Å². The minimum Gasteiger partial charge on any atom is -0.361 e. The van der Waals surface area contributed by atoms with Gasteiger partial charge in [-0.05, 0) is 68.0 Å². The van der Waals surface area contributed by atoms with Gasteiger partial charge in [-0.1, -0.05) is 67.8 Å². The Bertz CT molecular complexity index is 1450. The number of nitrogens with one attached hydrogen (secondary N) is 2. The van der Waals surface area contributed by atoms with Crippen LogP contribution in [0.2, 0.25) is 0 Å². The van der Waals surface area contributed by atoms with E-state index in [-0.39, 0.29) is 11.5 Å². The Kier molecular flexibility index (Phi) is 7.32. The summed E-state index contributed by atoms with van der Waals surface area (Å²) in [6, 6.07) is 20.0. The van der Waals surface area contributed by atoms with Gasteiger partial charge in [-0.2, -0.15) is 0 Å². The zero-order valence-electron chi connectivity index (χ0n) is 22.0. The molecule has 2 N–H and O–H groups in total. The van der Waals surface area contributed by atoms with Crippen molar-refractivity contribution < 1.29 is 14.0 Å². The number of aromatic nitrogens is 1. The first kappa shape index (κ1) is 25.7. The molecule has 1 fully saturated rings. The van der Waals surface area contributed by atoms with Gasteiger partial charge in [-0.15, -0.1) is 0 Å². The summed E-state index contributed by atoms with van der Waals surface area (Å²) >= 11 is 0. The molecule has 1 aromatic heterocycles. The Morgan fingerprint density at radius 1 is 0.921 bits per heavy atom. The van der Waals surface area contributed by atoms with Crippen LogP contribution in [-0.4, -0.2) is 33.8 Å². The van der Waals surface area contributed by atoms with Crippen molar-refractivity contribution in [2.75, 3.05) is 11.9 Å². The quantitative estimate of drug-likeness (QED) is 0.282. The van der Waals surface area contributed by atoms with Crippen LogP contribution in [0.4, 0.5) is 10.1 Å². The molecule has 0 saturated heterocycles. The number of hydrogen-bond donors (Lipinski definition) is 2. The lowest BCUT2D eigenvalue weighted by molar-refractivity contribution is -0.128. The van der Waals surface area contributed by atoms with Crippen LogP contribution in [-0.2, 0) is 11.2 Å². The molecular weight excluding hydrogens is 477 g/mol. The molecule has 3 aromatic carbocycles. The number of rotatable bonds is 7. The second kappa shape index (κ2) is 10.8. The number of nitrogens with zero attached hydrogens (tertiary/aromatic N) is 1. The standard InChI is InChI=1S/C32H34FN3O2/c1-22-11-10-12-23(2)29(22)35-31(38)32(18-8-3-9-19-32)36(30(37)26-14-4-6-15-27(26)33)20-17-24-21-34-28-16-7-5-13-25(24)28/h4-7,10-16,21,34H,3,8-9,17-20H2,1-2H3,(H,35,38). The van der Waals surface area contributed by atoms with Gasteiger partial charge in [0.1, 0.15) is 11.4 Å². The smallest absolute Gasteiger partial charge is 0.257 e. The number of benzene rings is 3. The average Bonchev–Trinajstić information content (AvgIpc) is 3.34. The van der Waals surface area contributed by atoms with Crippen molar-refractivity contribution in [2.45, 2.75) is 57.9 Å². The highest BCUT2D eigenvalue weighted by Crippen LogP contribution is 2.37. The Hall–Kier alpha value is -3.93. The highest BCUT2D eigenvalue weighted by molar-refractivity contribution is 6.04. The molecule has 196 valence electrons. The number of H-pyrrole nitrogens is 1. The topological polar surface area (TPSA) is 65.2 Å². The van der Waals surface area contributed by atoms with Crippen molar-refractivity contribution in [3.63, 3.8) is 0 Å². The maximum Gasteiger partial charge on any atom is 0.257 e. The molecule has 6 heteroatoms. The molecule has 4 aromatic rings. The highest BCUT2D eigenvalue weighted by atomic mass is 19.1. The number of amides is 2. The van der Waals surface area contributed by atoms with Crippen molar-refractivity contribution >= 4 is 28.4 Å². The van der Waals surface area contributed by atoms with E-state index in [1.165, 1.54) is 12.1 Å². The van der Waals surface area contributed by atoms with E-state index in [2.05, 4.69) is 10.3 Å². The molecule has 0 radical (unpaired) electrons. The van der Waals surface area contributed by atoms with Crippen molar-refractivity contribution in [1.29, 1.82) is 0 Å². The molecule has 1 aliphatic carbocycles. The Morgan fingerprint density at radius 3 is 2.34 bits per heavy atom. The van der Waals surface area contributed by atoms with Crippen LogP contribution in [0.15, 0.2) is 72.9 Å². The van der Waals surface area contributed by atoms with E-state index >= 15 is 0 Å². The molecule has 0 aliphatic heterocycles. The Labute approximate surface area is 223 Å². The molecule has 0 spiro atoms. The van der Waals surface area contributed by atoms with Crippen LogP contribution in [0, 0.1) is 19.7 Å². The van der Waals surface area contributed by atoms with E-state index in [0.717, 1.165) is 52.5 Å². The predicted octanol–water partition coefficient (Wildman–Crippen LogP) is 6.95. The molecule has 2 amide bonds. The summed E-state index contributed by atoms with van der Waals surface area (Å²) in [4.78, 5) is 33.3. The lowest BCUT2D eigenvalue weighted by Gasteiger charge is -2.45. The summed E-state index contributed by atoms with van der Waals surface area (Å²) in [5.74, 6) is -1.21. The van der Waals surface area contributed by atoms with E-state index in [9.17, 15) is 14.0 Å². The maximum absolute atomic E-state index is 14.9. The van der Waals surface area contributed by atoms with Gasteiger partial charge in [0.05, 0.1) is 5.56 Å². The van der Waals surface area contributed by atoms with Crippen LogP contribution < -0.4 is 5.32 Å². The van der Waals surface area contributed by atoms with Gasteiger partial charge < -0.3 is 15.2 Å².